The van der Waals surface area contributed by atoms with Gasteiger partial charge in [-0.2, -0.15) is 0 Å². The van der Waals surface area contributed by atoms with E-state index in [-0.39, 0.29) is 101 Å². The van der Waals surface area contributed by atoms with Gasteiger partial charge in [0.05, 0.1) is 12.1 Å². The fourth-order valence-electron chi connectivity index (χ4n) is 4.73. The minimum Gasteiger partial charge on any atom is -0.392 e. The van der Waals surface area contributed by atoms with Gasteiger partial charge in [0, 0.05) is 61.2 Å². The quantitative estimate of drug-likeness (QED) is 0.111. The van der Waals surface area contributed by atoms with Gasteiger partial charge in [0.2, 0.25) is 5.91 Å². The van der Waals surface area contributed by atoms with Crippen molar-refractivity contribution in [3.05, 3.63) is 35.9 Å². The van der Waals surface area contributed by atoms with E-state index in [0.29, 0.717) is 32.1 Å². The van der Waals surface area contributed by atoms with Crippen LogP contribution in [0.2, 0.25) is 0 Å². The predicted octanol–water partition coefficient (Wildman–Crippen LogP) is 5.56. The van der Waals surface area contributed by atoms with Gasteiger partial charge in [-0.25, -0.2) is 0 Å². The molecule has 1 aromatic carbocycles. The molecule has 12 heteroatoms. The molecule has 0 fully saturated rings. The van der Waals surface area contributed by atoms with Crippen LogP contribution in [0.25, 0.3) is 0 Å². The highest BCUT2D eigenvalue weighted by Gasteiger charge is 2.14. The summed E-state index contributed by atoms with van der Waals surface area (Å²) in [5.41, 5.74) is 1.09. The first-order valence-corrected chi connectivity index (χ1v) is 16.4. The Morgan fingerprint density at radius 2 is 0.880 bits per heavy atom. The van der Waals surface area contributed by atoms with Crippen LogP contribution < -0.4 is 5.32 Å². The molecule has 0 aliphatic heterocycles. The molecule has 0 saturated heterocycles. The number of benzene rings is 1. The Bertz CT molecular complexity index is 1060. The fraction of sp³-hybridized carbons (Fsp3) is 0.658. The van der Waals surface area contributed by atoms with Crippen molar-refractivity contribution in [1.82, 2.24) is 5.32 Å². The average molecular weight is 710 g/mol. The first-order chi connectivity index (χ1) is 22.0. The molecule has 0 heterocycles. The maximum absolute atomic E-state index is 11.8. The number of carbonyl (C=O) groups excluding carboxylic acids is 7. The van der Waals surface area contributed by atoms with Gasteiger partial charge in [-0.3, -0.25) is 14.4 Å². The number of amides is 1. The Morgan fingerprint density at radius 1 is 0.560 bits per heavy atom. The smallest absolute Gasteiger partial charge is 0.220 e. The van der Waals surface area contributed by atoms with Crippen LogP contribution in [0.4, 0.5) is 0 Å². The zero-order valence-corrected chi connectivity index (χ0v) is 31.3. The monoisotopic (exact) mass is 709 g/mol. The molecule has 1 aromatic rings. The summed E-state index contributed by atoms with van der Waals surface area (Å²) >= 11 is 0. The molecule has 0 aliphatic carbocycles. The molecule has 1 rings (SSSR count). The Hall–Kier alpha value is -3.35. The van der Waals surface area contributed by atoms with E-state index in [1.807, 2.05) is 58.0 Å². The van der Waals surface area contributed by atoms with Gasteiger partial charge in [-0.05, 0) is 71.8 Å². The van der Waals surface area contributed by atoms with Crippen molar-refractivity contribution in [2.45, 2.75) is 146 Å². The molecule has 11 nitrogen and oxygen atoms in total. The van der Waals surface area contributed by atoms with Crippen molar-refractivity contribution in [2.24, 2.45) is 17.8 Å². The summed E-state index contributed by atoms with van der Waals surface area (Å²) in [5.74, 6) is 0.752. The number of aliphatic hydroxyl groups is 3. The maximum Gasteiger partial charge on any atom is 0.220 e. The molecule has 287 valence electrons. The summed E-state index contributed by atoms with van der Waals surface area (Å²) < 4.78 is 0. The molecular weight excluding hydrogens is 641 g/mol. The number of carbonyl (C=O) groups is 7. The highest BCUT2D eigenvalue weighted by atomic mass is 16.5. The van der Waals surface area contributed by atoms with Crippen molar-refractivity contribution >= 4 is 49.0 Å². The second-order valence-electron chi connectivity index (χ2n) is 13.0. The van der Waals surface area contributed by atoms with E-state index in [4.69, 9.17) is 15.3 Å². The largest absolute Gasteiger partial charge is 0.392 e. The number of rotatable bonds is 18. The van der Waals surface area contributed by atoms with Crippen LogP contribution in [0.15, 0.2) is 30.3 Å². The highest BCUT2D eigenvalue weighted by molar-refractivity contribution is 5.80. The van der Waals surface area contributed by atoms with Gasteiger partial charge in [-0.15, -0.1) is 0 Å². The number of nitrogens with one attached hydrogen (secondary N) is 1. The fourth-order valence-corrected chi connectivity index (χ4v) is 4.73. The number of hydrogen-bond acceptors (Lipinski definition) is 10. The van der Waals surface area contributed by atoms with Crippen molar-refractivity contribution in [3.8, 4) is 0 Å². The van der Waals surface area contributed by atoms with Crippen LogP contribution in [0.3, 0.4) is 0 Å². The molecular formula is C38H67BNO10. The average Bonchev–Trinajstić information content (AvgIpc) is 2.86. The summed E-state index contributed by atoms with van der Waals surface area (Å²) in [5, 5.41) is 28.9. The van der Waals surface area contributed by atoms with Crippen LogP contribution in [0.1, 0.15) is 141 Å². The number of aliphatic hydroxyl groups excluding tert-OH is 2. The van der Waals surface area contributed by atoms with Gasteiger partial charge < -0.3 is 39.8 Å². The normalized spacial score (nSPS) is 11.7. The van der Waals surface area contributed by atoms with E-state index in [2.05, 4.69) is 5.32 Å². The number of Topliss-reactive ketones (excluding diaryl/α,β-unsaturated/α-hetero) is 6. The van der Waals surface area contributed by atoms with Gasteiger partial charge in [0.15, 0.2) is 6.29 Å². The van der Waals surface area contributed by atoms with Gasteiger partial charge in [-0.1, -0.05) is 58.5 Å². The Kier molecular flexibility index (Phi) is 36.8. The zero-order chi connectivity index (χ0) is 38.0. The standard InChI is InChI=1S/C15H21NO2.C8H14O2.C7H12O3.C7H14O3.CH4.B.H2/c1-11(9-12(2)17)10-15(18)16-13(3)14-7-5-4-6-8-14;1-6(4-7(2)9)5-8(3)10;1-5(8)3-7(10)4-6(2)9;1-5(3-6(2)8)4-7(9)10;;;/h4-8,11,13H,9-10H2,1-3H3,(H,16,18);6H,4-5H2,1-3H3;7,10H,3-4H2,1-2H3;5,7,9-10H,3-4H2,1-2H3;1H4;;1H/t11-,13?;;;5-;;;/m0..0.../s1/i;;;;;;1+1. The summed E-state index contributed by atoms with van der Waals surface area (Å²) in [6, 6.07) is 9.84. The zero-order valence-electron chi connectivity index (χ0n) is 31.3. The van der Waals surface area contributed by atoms with Crippen molar-refractivity contribution in [2.75, 3.05) is 0 Å². The van der Waals surface area contributed by atoms with Gasteiger partial charge in [0.1, 0.15) is 34.7 Å². The van der Waals surface area contributed by atoms with E-state index in [9.17, 15) is 33.6 Å². The third-order valence-corrected chi connectivity index (χ3v) is 6.41. The Morgan fingerprint density at radius 3 is 1.20 bits per heavy atom. The molecule has 3 atom stereocenters. The van der Waals surface area contributed by atoms with E-state index < -0.39 is 12.4 Å². The summed E-state index contributed by atoms with van der Waals surface area (Å²) in [7, 11) is 0. The molecule has 3 radical (unpaired) electrons. The van der Waals surface area contributed by atoms with Crippen molar-refractivity contribution < 1.29 is 50.3 Å². The van der Waals surface area contributed by atoms with Crippen LogP contribution in [-0.4, -0.2) is 76.7 Å². The lowest BCUT2D eigenvalue weighted by atomic mass is 10.00. The highest BCUT2D eigenvalue weighted by Crippen LogP contribution is 2.14. The van der Waals surface area contributed by atoms with Crippen LogP contribution in [-0.2, 0) is 33.6 Å². The van der Waals surface area contributed by atoms with E-state index in [1.54, 1.807) is 20.8 Å². The third-order valence-electron chi connectivity index (χ3n) is 6.41. The Labute approximate surface area is 304 Å². The first kappa shape index (κ1) is 56.0. The van der Waals surface area contributed by atoms with Crippen LogP contribution in [0, 0.1) is 17.8 Å². The molecule has 50 heavy (non-hydrogen) atoms. The Balaban J connectivity index is -0.000000135. The summed E-state index contributed by atoms with van der Waals surface area (Å²) in [4.78, 5) is 75.0. The predicted molar refractivity (Wildman–Crippen MR) is 200 cm³/mol. The summed E-state index contributed by atoms with van der Waals surface area (Å²) in [6.45, 7) is 16.6. The first-order valence-electron chi connectivity index (χ1n) is 16.4. The minimum atomic E-state index is -1.28. The van der Waals surface area contributed by atoms with Crippen molar-refractivity contribution in [3.63, 3.8) is 0 Å². The maximum atomic E-state index is 11.8. The molecule has 0 saturated carbocycles. The lowest BCUT2D eigenvalue weighted by Crippen LogP contribution is -2.28. The third kappa shape index (κ3) is 42.7. The molecule has 0 bridgehead atoms. The van der Waals surface area contributed by atoms with Crippen molar-refractivity contribution in [1.29, 1.82) is 0 Å². The van der Waals surface area contributed by atoms with E-state index in [1.165, 1.54) is 20.8 Å². The second-order valence-corrected chi connectivity index (χ2v) is 13.0. The second kappa shape index (κ2) is 32.8. The van der Waals surface area contributed by atoms with E-state index in [0.717, 1.165) is 5.56 Å². The molecule has 0 spiro atoms. The SMILES string of the molecule is C.CC(=O)CC(C)CC(C)=O.CC(=O)CC(O)CC(C)=O.CC(=O)C[C@H](C)CC(=O)NC(C)c1ccccc1.CC(=O)C[C@H](C)CC(O)O.[2HH].[B]. The molecule has 0 aliphatic rings. The lowest BCUT2D eigenvalue weighted by molar-refractivity contribution is -0.124. The molecule has 0 aromatic heterocycles. The van der Waals surface area contributed by atoms with Crippen LogP contribution in [0.5, 0.6) is 0 Å². The minimum absolute atomic E-state index is 0. The molecule has 1 unspecified atom stereocenters. The van der Waals surface area contributed by atoms with Gasteiger partial charge in [0.25, 0.3) is 0 Å². The molecule has 1 amide bonds. The lowest BCUT2D eigenvalue weighted by Gasteiger charge is -2.16. The molecule has 4 N–H and O–H groups in total. The number of hydrogen-bond donors (Lipinski definition) is 4. The number of ketones is 6. The van der Waals surface area contributed by atoms with Gasteiger partial charge >= 0.3 is 0 Å². The van der Waals surface area contributed by atoms with E-state index >= 15 is 0 Å². The van der Waals surface area contributed by atoms with Crippen LogP contribution >= 0.6 is 0 Å². The summed E-state index contributed by atoms with van der Waals surface area (Å²) in [6.07, 6.45) is 0.726. The topological polar surface area (TPSA) is 192 Å².